The molecule has 1 heterocycles. The Morgan fingerprint density at radius 3 is 2.74 bits per heavy atom. The van der Waals surface area contributed by atoms with Crippen LogP contribution in [-0.4, -0.2) is 18.0 Å². The fourth-order valence-electron chi connectivity index (χ4n) is 4.06. The van der Waals surface area contributed by atoms with Crippen LogP contribution in [-0.2, 0) is 28.8 Å². The summed E-state index contributed by atoms with van der Waals surface area (Å²) in [7, 11) is 0. The fourth-order valence-corrected chi connectivity index (χ4v) is 5.19. The van der Waals surface area contributed by atoms with Gasteiger partial charge < -0.3 is 10.1 Å². The minimum atomic E-state index is -0.800. The minimum absolute atomic E-state index is 0.00217. The number of aryl methyl sites for hydroxylation is 3. The van der Waals surface area contributed by atoms with Gasteiger partial charge in [0.1, 0.15) is 4.88 Å². The molecule has 2 atom stereocenters. The summed E-state index contributed by atoms with van der Waals surface area (Å²) in [6.07, 6.45) is 6.67. The standard InChI is InChI=1S/C22H25NO3S/c1-14(26-22(25)20-13-16-8-3-5-12-19(16)27-20)21(24)23-18-11-6-9-15-7-2-4-10-17(15)18/h2,4,7,10,13-14,18H,3,5-6,8-9,11-12H2,1H3,(H,23,24)/t14-,18+/m0/s1. The molecule has 0 aliphatic heterocycles. The molecule has 1 N–H and O–H groups in total. The van der Waals surface area contributed by atoms with Gasteiger partial charge in [0.05, 0.1) is 6.04 Å². The van der Waals surface area contributed by atoms with E-state index >= 15 is 0 Å². The average Bonchev–Trinajstić information content (AvgIpc) is 3.12. The highest BCUT2D eigenvalue weighted by molar-refractivity contribution is 7.14. The van der Waals surface area contributed by atoms with Crippen molar-refractivity contribution in [2.75, 3.05) is 0 Å². The zero-order valence-electron chi connectivity index (χ0n) is 15.6. The lowest BCUT2D eigenvalue weighted by molar-refractivity contribution is -0.130. The van der Waals surface area contributed by atoms with Crippen molar-refractivity contribution in [3.05, 3.63) is 56.8 Å². The average molecular weight is 384 g/mol. The number of rotatable bonds is 4. The van der Waals surface area contributed by atoms with Crippen molar-refractivity contribution < 1.29 is 14.3 Å². The monoisotopic (exact) mass is 383 g/mol. The minimum Gasteiger partial charge on any atom is -0.448 e. The molecule has 1 aromatic carbocycles. The first kappa shape index (κ1) is 18.2. The zero-order valence-corrected chi connectivity index (χ0v) is 16.4. The van der Waals surface area contributed by atoms with E-state index in [4.69, 9.17) is 4.74 Å². The van der Waals surface area contributed by atoms with Crippen LogP contribution in [0.1, 0.15) is 69.9 Å². The predicted molar refractivity (Wildman–Crippen MR) is 106 cm³/mol. The first-order valence-corrected chi connectivity index (χ1v) is 10.6. The van der Waals surface area contributed by atoms with E-state index < -0.39 is 6.10 Å². The second-order valence-corrected chi connectivity index (χ2v) is 8.60. The smallest absolute Gasteiger partial charge is 0.349 e. The number of hydrogen-bond donors (Lipinski definition) is 1. The fraction of sp³-hybridized carbons (Fsp3) is 0.455. The number of fused-ring (bicyclic) bond motifs is 2. The van der Waals surface area contributed by atoms with Gasteiger partial charge >= 0.3 is 5.97 Å². The first-order valence-electron chi connectivity index (χ1n) is 9.82. The summed E-state index contributed by atoms with van der Waals surface area (Å²) < 4.78 is 5.46. The lowest BCUT2D eigenvalue weighted by atomic mass is 9.87. The maximum absolute atomic E-state index is 12.6. The highest BCUT2D eigenvalue weighted by Gasteiger charge is 2.26. The molecule has 0 spiro atoms. The number of carbonyl (C=O) groups excluding carboxylic acids is 2. The van der Waals surface area contributed by atoms with E-state index in [9.17, 15) is 9.59 Å². The molecule has 1 amide bonds. The van der Waals surface area contributed by atoms with E-state index in [-0.39, 0.29) is 17.9 Å². The number of hydrogen-bond acceptors (Lipinski definition) is 4. The van der Waals surface area contributed by atoms with Gasteiger partial charge in [0.15, 0.2) is 6.10 Å². The molecule has 0 fully saturated rings. The van der Waals surface area contributed by atoms with Crippen LogP contribution in [0.15, 0.2) is 30.3 Å². The van der Waals surface area contributed by atoms with Gasteiger partial charge in [-0.25, -0.2) is 4.79 Å². The van der Waals surface area contributed by atoms with Gasteiger partial charge in [-0.15, -0.1) is 11.3 Å². The van der Waals surface area contributed by atoms with E-state index in [1.165, 1.54) is 45.7 Å². The van der Waals surface area contributed by atoms with Crippen LogP contribution >= 0.6 is 11.3 Å². The number of thiophene rings is 1. The molecule has 2 aliphatic rings. The van der Waals surface area contributed by atoms with Crippen LogP contribution in [0.25, 0.3) is 0 Å². The molecule has 142 valence electrons. The predicted octanol–water partition coefficient (Wildman–Crippen LogP) is 4.37. The summed E-state index contributed by atoms with van der Waals surface area (Å²) in [5, 5.41) is 3.07. The van der Waals surface area contributed by atoms with Crippen LogP contribution in [0, 0.1) is 0 Å². The van der Waals surface area contributed by atoms with Crippen molar-refractivity contribution in [3.63, 3.8) is 0 Å². The second kappa shape index (κ2) is 7.85. The molecule has 5 heteroatoms. The summed E-state index contributed by atoms with van der Waals surface area (Å²) in [6.45, 7) is 1.65. The van der Waals surface area contributed by atoms with Crippen LogP contribution in [0.2, 0.25) is 0 Å². The highest BCUT2D eigenvalue weighted by Crippen LogP contribution is 2.31. The molecule has 0 radical (unpaired) electrons. The number of carbonyl (C=O) groups is 2. The molecular formula is C22H25NO3S. The third-order valence-electron chi connectivity index (χ3n) is 5.54. The van der Waals surface area contributed by atoms with E-state index in [0.717, 1.165) is 32.1 Å². The Morgan fingerprint density at radius 2 is 1.89 bits per heavy atom. The lowest BCUT2D eigenvalue weighted by Gasteiger charge is -2.27. The van der Waals surface area contributed by atoms with Crippen molar-refractivity contribution in [2.45, 2.75) is 64.0 Å². The van der Waals surface area contributed by atoms with Gasteiger partial charge in [-0.3, -0.25) is 4.79 Å². The number of esters is 1. The third-order valence-corrected chi connectivity index (χ3v) is 6.75. The summed E-state index contributed by atoms with van der Waals surface area (Å²) >= 11 is 1.52. The molecule has 4 rings (SSSR count). The number of amides is 1. The van der Waals surface area contributed by atoms with Gasteiger partial charge in [-0.1, -0.05) is 24.3 Å². The molecular weight excluding hydrogens is 358 g/mol. The Kier molecular flexibility index (Phi) is 5.30. The Balaban J connectivity index is 1.38. The third kappa shape index (κ3) is 3.93. The molecule has 2 aliphatic carbocycles. The van der Waals surface area contributed by atoms with E-state index in [1.807, 2.05) is 18.2 Å². The Hall–Kier alpha value is -2.14. The molecule has 0 unspecified atom stereocenters. The summed E-state index contributed by atoms with van der Waals surface area (Å²) in [4.78, 5) is 27.0. The van der Waals surface area contributed by atoms with E-state index in [2.05, 4.69) is 17.4 Å². The van der Waals surface area contributed by atoms with Gasteiger partial charge in [-0.05, 0) is 74.6 Å². The summed E-state index contributed by atoms with van der Waals surface area (Å²) in [5.74, 6) is -0.618. The normalized spacial score (nSPS) is 19.5. The molecule has 0 saturated carbocycles. The van der Waals surface area contributed by atoms with Crippen LogP contribution in [0.5, 0.6) is 0 Å². The van der Waals surface area contributed by atoms with Crippen LogP contribution < -0.4 is 5.32 Å². The van der Waals surface area contributed by atoms with Crippen molar-refractivity contribution >= 4 is 23.2 Å². The van der Waals surface area contributed by atoms with Crippen molar-refractivity contribution in [1.29, 1.82) is 0 Å². The van der Waals surface area contributed by atoms with E-state index in [1.54, 1.807) is 6.92 Å². The quantitative estimate of drug-likeness (QED) is 0.798. The molecule has 2 aromatic rings. The topological polar surface area (TPSA) is 55.4 Å². The summed E-state index contributed by atoms with van der Waals surface area (Å²) in [6, 6.07) is 10.2. The molecule has 27 heavy (non-hydrogen) atoms. The number of nitrogens with one attached hydrogen (secondary N) is 1. The largest absolute Gasteiger partial charge is 0.448 e. The number of benzene rings is 1. The van der Waals surface area contributed by atoms with Crippen LogP contribution in [0.3, 0.4) is 0 Å². The van der Waals surface area contributed by atoms with Gasteiger partial charge in [0.2, 0.25) is 0 Å². The molecule has 0 bridgehead atoms. The van der Waals surface area contributed by atoms with Crippen molar-refractivity contribution in [1.82, 2.24) is 5.32 Å². The van der Waals surface area contributed by atoms with Gasteiger partial charge in [0.25, 0.3) is 5.91 Å². The molecule has 4 nitrogen and oxygen atoms in total. The van der Waals surface area contributed by atoms with Crippen molar-refractivity contribution in [3.8, 4) is 0 Å². The highest BCUT2D eigenvalue weighted by atomic mass is 32.1. The Labute approximate surface area is 163 Å². The van der Waals surface area contributed by atoms with Gasteiger partial charge in [0, 0.05) is 4.88 Å². The van der Waals surface area contributed by atoms with Crippen LogP contribution in [0.4, 0.5) is 0 Å². The van der Waals surface area contributed by atoms with E-state index in [0.29, 0.717) is 4.88 Å². The Morgan fingerprint density at radius 1 is 1.11 bits per heavy atom. The SMILES string of the molecule is C[C@H](OC(=O)c1cc2c(s1)CCCC2)C(=O)N[C@@H]1CCCc2ccccc21. The number of ether oxygens (including phenoxy) is 1. The van der Waals surface area contributed by atoms with Crippen molar-refractivity contribution in [2.24, 2.45) is 0 Å². The maximum atomic E-state index is 12.6. The molecule has 1 aromatic heterocycles. The first-order chi connectivity index (χ1) is 13.1. The maximum Gasteiger partial charge on any atom is 0.349 e. The Bertz CT molecular complexity index is 833. The molecule has 0 saturated heterocycles. The second-order valence-electron chi connectivity index (χ2n) is 7.47. The summed E-state index contributed by atoms with van der Waals surface area (Å²) in [5.41, 5.74) is 3.75. The van der Waals surface area contributed by atoms with Gasteiger partial charge in [-0.2, -0.15) is 0 Å². The lowest BCUT2D eigenvalue weighted by Crippen LogP contribution is -2.39. The zero-order chi connectivity index (χ0) is 18.8.